The second-order valence-corrected chi connectivity index (χ2v) is 10.00. The molecule has 2 fully saturated rings. The molecule has 186 valence electrons. The molecule has 0 aromatic heterocycles. The number of carbonyl (C=O) groups excluding carboxylic acids is 2. The van der Waals surface area contributed by atoms with Gasteiger partial charge in [0, 0.05) is 30.8 Å². The molecule has 0 saturated carbocycles. The Labute approximate surface area is 207 Å². The van der Waals surface area contributed by atoms with Crippen molar-refractivity contribution >= 4 is 11.8 Å². The average Bonchev–Trinajstić information content (AvgIpc) is 3.12. The van der Waals surface area contributed by atoms with Crippen molar-refractivity contribution in [3.8, 4) is 0 Å². The number of morpholine rings is 1. The van der Waals surface area contributed by atoms with Crippen LogP contribution in [0.5, 0.6) is 0 Å². The summed E-state index contributed by atoms with van der Waals surface area (Å²) < 4.78 is 5.61. The van der Waals surface area contributed by atoms with Gasteiger partial charge in [-0.15, -0.1) is 0 Å². The number of aliphatic hydroxyl groups is 1. The highest BCUT2D eigenvalue weighted by Crippen LogP contribution is 2.31. The lowest BCUT2D eigenvalue weighted by Gasteiger charge is -2.35. The minimum atomic E-state index is -0.583. The minimum absolute atomic E-state index is 0.0486. The van der Waals surface area contributed by atoms with E-state index in [4.69, 9.17) is 4.74 Å². The zero-order valence-electron chi connectivity index (χ0n) is 20.4. The van der Waals surface area contributed by atoms with Gasteiger partial charge in [-0.2, -0.15) is 0 Å². The number of rotatable bonds is 8. The maximum Gasteiger partial charge on any atom is 0.254 e. The Bertz CT molecular complexity index is 1070. The summed E-state index contributed by atoms with van der Waals surface area (Å²) in [6.45, 7) is 2.91. The fourth-order valence-electron chi connectivity index (χ4n) is 5.79. The van der Waals surface area contributed by atoms with E-state index in [-0.39, 0.29) is 23.9 Å². The van der Waals surface area contributed by atoms with Gasteiger partial charge in [0.25, 0.3) is 11.8 Å². The van der Waals surface area contributed by atoms with Gasteiger partial charge in [-0.1, -0.05) is 24.3 Å². The van der Waals surface area contributed by atoms with Crippen LogP contribution in [0.2, 0.25) is 0 Å². The molecule has 5 rings (SSSR count). The number of aliphatic hydroxyl groups excluding tert-OH is 1. The van der Waals surface area contributed by atoms with E-state index in [2.05, 4.69) is 17.4 Å². The van der Waals surface area contributed by atoms with Gasteiger partial charge in [0.15, 0.2) is 0 Å². The first kappa shape index (κ1) is 24.0. The smallest absolute Gasteiger partial charge is 0.254 e. The predicted molar refractivity (Wildman–Crippen MR) is 133 cm³/mol. The van der Waals surface area contributed by atoms with Crippen LogP contribution in [0.3, 0.4) is 0 Å². The summed E-state index contributed by atoms with van der Waals surface area (Å²) in [4.78, 5) is 30.1. The quantitative estimate of drug-likeness (QED) is 0.610. The van der Waals surface area contributed by atoms with Crippen molar-refractivity contribution in [2.45, 2.75) is 56.8 Å². The van der Waals surface area contributed by atoms with E-state index >= 15 is 0 Å². The molecule has 3 atom stereocenters. The lowest BCUT2D eigenvalue weighted by molar-refractivity contribution is -0.00717. The second-order valence-electron chi connectivity index (χ2n) is 10.00. The number of nitrogens with zero attached hydrogens (tertiary/aromatic N) is 2. The molecule has 2 aromatic rings. The molecule has 3 heterocycles. The van der Waals surface area contributed by atoms with Crippen molar-refractivity contribution in [3.05, 3.63) is 70.3 Å². The van der Waals surface area contributed by atoms with Crippen molar-refractivity contribution in [2.24, 2.45) is 0 Å². The molecule has 3 aliphatic heterocycles. The molecule has 0 aliphatic carbocycles. The van der Waals surface area contributed by atoms with E-state index < -0.39 is 6.10 Å². The van der Waals surface area contributed by atoms with E-state index in [0.717, 1.165) is 31.4 Å². The van der Waals surface area contributed by atoms with Crippen LogP contribution in [0.15, 0.2) is 42.5 Å². The maximum atomic E-state index is 13.2. The number of hydrogen-bond donors (Lipinski definition) is 2. The third-order valence-corrected chi connectivity index (χ3v) is 7.66. The fraction of sp³-hybridized carbons (Fsp3) is 0.500. The van der Waals surface area contributed by atoms with Crippen molar-refractivity contribution in [1.82, 2.24) is 15.1 Å². The summed E-state index contributed by atoms with van der Waals surface area (Å²) in [6.07, 6.45) is 3.48. The van der Waals surface area contributed by atoms with E-state index in [1.54, 1.807) is 17.0 Å². The average molecular weight is 478 g/mol. The van der Waals surface area contributed by atoms with Crippen LogP contribution in [-0.2, 0) is 24.1 Å². The SMILES string of the molecule is CNCc1ccccc1CCC(O)CN1CCc2cc(C(=O)N3C4CCC3COC4)ccc2C1=O. The van der Waals surface area contributed by atoms with Gasteiger partial charge in [-0.25, -0.2) is 0 Å². The highest BCUT2D eigenvalue weighted by Gasteiger charge is 2.41. The topological polar surface area (TPSA) is 82.1 Å². The predicted octanol–water partition coefficient (Wildman–Crippen LogP) is 2.40. The number of β-amino-alcohol motifs (C(OH)–C–C–N with tert-alkyl or cyclic N) is 1. The summed E-state index contributed by atoms with van der Waals surface area (Å²) in [5, 5.41) is 13.9. The molecule has 2 aromatic carbocycles. The molecule has 0 radical (unpaired) electrons. The molecular formula is C28H35N3O4. The summed E-state index contributed by atoms with van der Waals surface area (Å²) >= 11 is 0. The molecule has 35 heavy (non-hydrogen) atoms. The highest BCUT2D eigenvalue weighted by atomic mass is 16.5. The second kappa shape index (κ2) is 10.5. The Balaban J connectivity index is 1.20. The van der Waals surface area contributed by atoms with Crippen LogP contribution >= 0.6 is 0 Å². The third kappa shape index (κ3) is 4.99. The van der Waals surface area contributed by atoms with Gasteiger partial charge >= 0.3 is 0 Å². The van der Waals surface area contributed by atoms with Gasteiger partial charge in [-0.05, 0) is 74.0 Å². The zero-order chi connectivity index (χ0) is 24.4. The van der Waals surface area contributed by atoms with Crippen molar-refractivity contribution in [3.63, 3.8) is 0 Å². The lowest BCUT2D eigenvalue weighted by Crippen LogP contribution is -2.49. The Kier molecular flexibility index (Phi) is 7.18. The first-order valence-corrected chi connectivity index (χ1v) is 12.8. The Morgan fingerprint density at radius 2 is 1.89 bits per heavy atom. The lowest BCUT2D eigenvalue weighted by atomic mass is 9.95. The number of hydrogen-bond acceptors (Lipinski definition) is 5. The summed E-state index contributed by atoms with van der Waals surface area (Å²) in [5.74, 6) is -0.0150. The number of ether oxygens (including phenoxy) is 1. The molecule has 7 nitrogen and oxygen atoms in total. The molecule has 2 bridgehead atoms. The summed E-state index contributed by atoms with van der Waals surface area (Å²) in [6, 6.07) is 14.1. The normalized spacial score (nSPS) is 22.3. The Hall–Kier alpha value is -2.74. The number of aryl methyl sites for hydroxylation is 1. The van der Waals surface area contributed by atoms with Crippen molar-refractivity contribution < 1.29 is 19.4 Å². The largest absolute Gasteiger partial charge is 0.391 e. The maximum absolute atomic E-state index is 13.2. The molecule has 3 unspecified atom stereocenters. The first-order chi connectivity index (χ1) is 17.0. The van der Waals surface area contributed by atoms with Gasteiger partial charge in [0.2, 0.25) is 0 Å². The van der Waals surface area contributed by atoms with Crippen molar-refractivity contribution in [1.29, 1.82) is 0 Å². The van der Waals surface area contributed by atoms with E-state index in [0.29, 0.717) is 50.3 Å². The van der Waals surface area contributed by atoms with E-state index in [1.807, 2.05) is 30.1 Å². The molecule has 2 amide bonds. The van der Waals surface area contributed by atoms with Crippen LogP contribution < -0.4 is 5.32 Å². The number of amides is 2. The first-order valence-electron chi connectivity index (χ1n) is 12.8. The number of carbonyl (C=O) groups is 2. The molecule has 7 heteroatoms. The van der Waals surface area contributed by atoms with Crippen LogP contribution in [0.1, 0.15) is 56.7 Å². The number of fused-ring (bicyclic) bond motifs is 3. The molecular weight excluding hydrogens is 442 g/mol. The molecule has 0 spiro atoms. The highest BCUT2D eigenvalue weighted by molar-refractivity contribution is 6.00. The van der Waals surface area contributed by atoms with E-state index in [9.17, 15) is 14.7 Å². The van der Waals surface area contributed by atoms with Gasteiger partial charge in [0.1, 0.15) is 0 Å². The molecule has 3 aliphatic rings. The van der Waals surface area contributed by atoms with E-state index in [1.165, 1.54) is 11.1 Å². The van der Waals surface area contributed by atoms with Crippen LogP contribution in [0, 0.1) is 0 Å². The zero-order valence-corrected chi connectivity index (χ0v) is 20.4. The Morgan fingerprint density at radius 1 is 1.14 bits per heavy atom. The third-order valence-electron chi connectivity index (χ3n) is 7.66. The molecule has 2 saturated heterocycles. The monoisotopic (exact) mass is 477 g/mol. The van der Waals surface area contributed by atoms with Crippen LogP contribution in [0.25, 0.3) is 0 Å². The minimum Gasteiger partial charge on any atom is -0.391 e. The van der Waals surface area contributed by atoms with Crippen LogP contribution in [0.4, 0.5) is 0 Å². The molecule has 2 N–H and O–H groups in total. The van der Waals surface area contributed by atoms with Gasteiger partial charge < -0.3 is 25.0 Å². The van der Waals surface area contributed by atoms with Crippen LogP contribution in [-0.4, -0.2) is 78.3 Å². The van der Waals surface area contributed by atoms with Gasteiger partial charge in [0.05, 0.1) is 31.4 Å². The number of nitrogens with one attached hydrogen (secondary N) is 1. The number of benzene rings is 2. The summed E-state index contributed by atoms with van der Waals surface area (Å²) in [7, 11) is 1.93. The Morgan fingerprint density at radius 3 is 2.63 bits per heavy atom. The summed E-state index contributed by atoms with van der Waals surface area (Å²) in [5.41, 5.74) is 4.68. The fourth-order valence-corrected chi connectivity index (χ4v) is 5.79. The van der Waals surface area contributed by atoms with Gasteiger partial charge in [-0.3, -0.25) is 9.59 Å². The van der Waals surface area contributed by atoms with Crippen molar-refractivity contribution in [2.75, 3.05) is 33.4 Å². The standard InChI is InChI=1S/C28H35N3O4/c1-29-15-22-5-3-2-4-19(22)6-10-25(32)16-30-13-12-20-14-21(7-11-26(20)28(30)34)27(33)31-23-8-9-24(31)18-35-17-23/h2-5,7,11,14,23-25,29,32H,6,8-10,12-13,15-18H2,1H3.